The summed E-state index contributed by atoms with van der Waals surface area (Å²) in [6, 6.07) is 5.02. The van der Waals surface area contributed by atoms with Crippen LogP contribution in [0.15, 0.2) is 18.2 Å². The Kier molecular flexibility index (Phi) is 4.80. The number of amides is 1. The molecule has 19 heavy (non-hydrogen) atoms. The molecule has 1 aliphatic heterocycles. The van der Waals surface area contributed by atoms with E-state index in [2.05, 4.69) is 10.2 Å². The molecule has 1 aromatic carbocycles. The largest absolute Gasteiger partial charge is 0.508 e. The number of phenolic OH excluding ortho intramolecular Hbond substituents is 1. The van der Waals surface area contributed by atoms with Crippen molar-refractivity contribution in [2.75, 3.05) is 25.0 Å². The molecule has 1 heterocycles. The highest BCUT2D eigenvalue weighted by molar-refractivity contribution is 5.91. The van der Waals surface area contributed by atoms with Crippen LogP contribution in [0.25, 0.3) is 0 Å². The molecule has 1 amide bonds. The number of anilines is 1. The third kappa shape index (κ3) is 4.24. The number of rotatable bonds is 4. The molecule has 0 unspecified atom stereocenters. The SMILES string of the molecule is Cc1ccc(O)cc1NC(=O)CCN1CCCCC1. The number of aryl methyl sites for hydroxylation is 1. The summed E-state index contributed by atoms with van der Waals surface area (Å²) in [5.41, 5.74) is 1.66. The first-order valence-electron chi connectivity index (χ1n) is 6.97. The minimum Gasteiger partial charge on any atom is -0.508 e. The Morgan fingerprint density at radius 2 is 2.05 bits per heavy atom. The van der Waals surface area contributed by atoms with Gasteiger partial charge < -0.3 is 15.3 Å². The third-order valence-electron chi connectivity index (χ3n) is 3.60. The van der Waals surface area contributed by atoms with Gasteiger partial charge in [-0.05, 0) is 44.5 Å². The average molecular weight is 262 g/mol. The Morgan fingerprint density at radius 3 is 2.79 bits per heavy atom. The van der Waals surface area contributed by atoms with E-state index in [9.17, 15) is 9.90 Å². The fraction of sp³-hybridized carbons (Fsp3) is 0.533. The van der Waals surface area contributed by atoms with Crippen LogP contribution in [0.1, 0.15) is 31.2 Å². The lowest BCUT2D eigenvalue weighted by Crippen LogP contribution is -2.32. The molecule has 1 fully saturated rings. The van der Waals surface area contributed by atoms with Crippen molar-refractivity contribution in [1.82, 2.24) is 4.90 Å². The number of nitrogens with zero attached hydrogens (tertiary/aromatic N) is 1. The van der Waals surface area contributed by atoms with E-state index in [4.69, 9.17) is 0 Å². The molecule has 104 valence electrons. The van der Waals surface area contributed by atoms with Gasteiger partial charge in [0.15, 0.2) is 0 Å². The molecule has 0 saturated carbocycles. The Labute approximate surface area is 114 Å². The zero-order valence-electron chi connectivity index (χ0n) is 11.5. The van der Waals surface area contributed by atoms with Crippen LogP contribution < -0.4 is 5.32 Å². The van der Waals surface area contributed by atoms with Crippen LogP contribution >= 0.6 is 0 Å². The third-order valence-corrected chi connectivity index (χ3v) is 3.60. The molecule has 1 saturated heterocycles. The van der Waals surface area contributed by atoms with Gasteiger partial charge in [0.25, 0.3) is 0 Å². The van der Waals surface area contributed by atoms with Gasteiger partial charge in [-0.15, -0.1) is 0 Å². The second-order valence-corrected chi connectivity index (χ2v) is 5.20. The fourth-order valence-electron chi connectivity index (χ4n) is 2.40. The molecule has 2 rings (SSSR count). The van der Waals surface area contributed by atoms with Crippen molar-refractivity contribution < 1.29 is 9.90 Å². The Hall–Kier alpha value is -1.55. The monoisotopic (exact) mass is 262 g/mol. The normalized spacial score (nSPS) is 16.3. The van der Waals surface area contributed by atoms with Gasteiger partial charge >= 0.3 is 0 Å². The van der Waals surface area contributed by atoms with Gasteiger partial charge in [-0.2, -0.15) is 0 Å². The molecular weight excluding hydrogens is 240 g/mol. The predicted molar refractivity (Wildman–Crippen MR) is 76.4 cm³/mol. The van der Waals surface area contributed by atoms with Crippen LogP contribution in [-0.2, 0) is 4.79 Å². The molecule has 4 heteroatoms. The van der Waals surface area contributed by atoms with E-state index in [1.807, 2.05) is 6.92 Å². The molecule has 2 N–H and O–H groups in total. The molecule has 1 aliphatic rings. The summed E-state index contributed by atoms with van der Waals surface area (Å²) in [5, 5.41) is 12.3. The maximum Gasteiger partial charge on any atom is 0.225 e. The lowest BCUT2D eigenvalue weighted by atomic mass is 10.1. The van der Waals surface area contributed by atoms with E-state index >= 15 is 0 Å². The number of nitrogens with one attached hydrogen (secondary N) is 1. The molecule has 0 atom stereocenters. The van der Waals surface area contributed by atoms with Crippen LogP contribution in [0.4, 0.5) is 5.69 Å². The summed E-state index contributed by atoms with van der Waals surface area (Å²) >= 11 is 0. The highest BCUT2D eigenvalue weighted by atomic mass is 16.3. The Morgan fingerprint density at radius 1 is 1.32 bits per heavy atom. The number of hydrogen-bond donors (Lipinski definition) is 2. The summed E-state index contributed by atoms with van der Waals surface area (Å²) in [4.78, 5) is 14.2. The molecule has 0 aliphatic carbocycles. The number of hydrogen-bond acceptors (Lipinski definition) is 3. The lowest BCUT2D eigenvalue weighted by molar-refractivity contribution is -0.116. The van der Waals surface area contributed by atoms with E-state index in [0.717, 1.165) is 25.2 Å². The van der Waals surface area contributed by atoms with Gasteiger partial charge in [-0.25, -0.2) is 0 Å². The minimum atomic E-state index is 0.0132. The van der Waals surface area contributed by atoms with E-state index in [1.54, 1.807) is 18.2 Å². The highest BCUT2D eigenvalue weighted by Crippen LogP contribution is 2.20. The zero-order chi connectivity index (χ0) is 13.7. The number of phenols is 1. The van der Waals surface area contributed by atoms with E-state index in [0.29, 0.717) is 12.1 Å². The standard InChI is InChI=1S/C15H22N2O2/c1-12-5-6-13(18)11-14(12)16-15(19)7-10-17-8-3-2-4-9-17/h5-6,11,18H,2-4,7-10H2,1H3,(H,16,19). The first-order chi connectivity index (χ1) is 9.15. The van der Waals surface area contributed by atoms with Crippen molar-refractivity contribution in [3.05, 3.63) is 23.8 Å². The Bertz CT molecular complexity index is 440. The molecule has 4 nitrogen and oxygen atoms in total. The quantitative estimate of drug-likeness (QED) is 0.876. The maximum absolute atomic E-state index is 11.9. The van der Waals surface area contributed by atoms with E-state index in [1.165, 1.54) is 19.3 Å². The second kappa shape index (κ2) is 6.57. The van der Waals surface area contributed by atoms with E-state index in [-0.39, 0.29) is 11.7 Å². The summed E-state index contributed by atoms with van der Waals surface area (Å²) in [6.07, 6.45) is 4.31. The Balaban J connectivity index is 1.81. The maximum atomic E-state index is 11.9. The van der Waals surface area contributed by atoms with Crippen LogP contribution in [0.3, 0.4) is 0 Å². The van der Waals surface area contributed by atoms with Gasteiger partial charge in [0.05, 0.1) is 0 Å². The van der Waals surface area contributed by atoms with Gasteiger partial charge in [0, 0.05) is 24.7 Å². The number of carbonyl (C=O) groups is 1. The average Bonchev–Trinajstić information content (AvgIpc) is 2.42. The molecular formula is C15H22N2O2. The number of piperidine rings is 1. The number of aromatic hydroxyl groups is 1. The number of likely N-dealkylation sites (tertiary alicyclic amines) is 1. The van der Waals surface area contributed by atoms with Gasteiger partial charge in [0.2, 0.25) is 5.91 Å². The minimum absolute atomic E-state index is 0.0132. The topological polar surface area (TPSA) is 52.6 Å². The van der Waals surface area contributed by atoms with Crippen LogP contribution in [0, 0.1) is 6.92 Å². The van der Waals surface area contributed by atoms with Crippen LogP contribution in [0.2, 0.25) is 0 Å². The summed E-state index contributed by atoms with van der Waals surface area (Å²) in [6.45, 7) is 4.96. The second-order valence-electron chi connectivity index (χ2n) is 5.20. The lowest BCUT2D eigenvalue weighted by Gasteiger charge is -2.26. The number of benzene rings is 1. The van der Waals surface area contributed by atoms with Gasteiger partial charge in [-0.3, -0.25) is 4.79 Å². The van der Waals surface area contributed by atoms with Gasteiger partial charge in [-0.1, -0.05) is 12.5 Å². The molecule has 0 spiro atoms. The fourth-order valence-corrected chi connectivity index (χ4v) is 2.40. The van der Waals surface area contributed by atoms with Crippen molar-refractivity contribution in [3.8, 4) is 5.75 Å². The van der Waals surface area contributed by atoms with Gasteiger partial charge in [0.1, 0.15) is 5.75 Å². The predicted octanol–water partition coefficient (Wildman–Crippen LogP) is 2.52. The summed E-state index contributed by atoms with van der Waals surface area (Å²) < 4.78 is 0. The molecule has 1 aromatic rings. The van der Waals surface area contributed by atoms with Crippen molar-refractivity contribution >= 4 is 11.6 Å². The highest BCUT2D eigenvalue weighted by Gasteiger charge is 2.12. The zero-order valence-corrected chi connectivity index (χ0v) is 11.5. The van der Waals surface area contributed by atoms with Crippen LogP contribution in [-0.4, -0.2) is 35.5 Å². The molecule has 0 radical (unpaired) electrons. The molecule has 0 bridgehead atoms. The van der Waals surface area contributed by atoms with Crippen LogP contribution in [0.5, 0.6) is 5.75 Å². The smallest absolute Gasteiger partial charge is 0.225 e. The van der Waals surface area contributed by atoms with Crippen molar-refractivity contribution in [1.29, 1.82) is 0 Å². The van der Waals surface area contributed by atoms with Crippen molar-refractivity contribution in [2.45, 2.75) is 32.6 Å². The summed E-state index contributed by atoms with van der Waals surface area (Å²) in [7, 11) is 0. The first-order valence-corrected chi connectivity index (χ1v) is 6.97. The van der Waals surface area contributed by atoms with Crippen molar-refractivity contribution in [3.63, 3.8) is 0 Å². The molecule has 0 aromatic heterocycles. The van der Waals surface area contributed by atoms with E-state index < -0.39 is 0 Å². The van der Waals surface area contributed by atoms with Crippen molar-refractivity contribution in [2.24, 2.45) is 0 Å². The first kappa shape index (κ1) is 13.9. The summed E-state index contributed by atoms with van der Waals surface area (Å²) in [5.74, 6) is 0.191. The number of carbonyl (C=O) groups excluding carboxylic acids is 1.